The molecule has 0 aromatic heterocycles. The zero-order chi connectivity index (χ0) is 11.5. The maximum atomic E-state index is 5.86. The number of alkyl halides is 1. The van der Waals surface area contributed by atoms with E-state index in [1.54, 1.807) is 0 Å². The van der Waals surface area contributed by atoms with Gasteiger partial charge in [-0.2, -0.15) is 0 Å². The summed E-state index contributed by atoms with van der Waals surface area (Å²) >= 11 is 4.74. The molecule has 0 N–H and O–H groups in total. The van der Waals surface area contributed by atoms with Crippen molar-refractivity contribution in [1.29, 1.82) is 0 Å². The van der Waals surface area contributed by atoms with Crippen LogP contribution in [0.5, 0.6) is 0 Å². The summed E-state index contributed by atoms with van der Waals surface area (Å²) < 4.78 is 8.20. The van der Waals surface area contributed by atoms with Crippen molar-refractivity contribution in [2.45, 2.75) is 19.1 Å². The van der Waals surface area contributed by atoms with Gasteiger partial charge in [-0.1, -0.05) is 22.6 Å². The van der Waals surface area contributed by atoms with Gasteiger partial charge in [0, 0.05) is 26.8 Å². The van der Waals surface area contributed by atoms with Crippen LogP contribution in [0.1, 0.15) is 6.92 Å². The smallest absolute Gasteiger partial charge is 0.0843 e. The van der Waals surface area contributed by atoms with E-state index in [0.717, 1.165) is 17.5 Å². The van der Waals surface area contributed by atoms with Crippen LogP contribution in [0.4, 0.5) is 5.69 Å². The van der Waals surface area contributed by atoms with Crippen molar-refractivity contribution >= 4 is 50.9 Å². The Bertz CT molecular complexity index is 341. The highest BCUT2D eigenvalue weighted by Crippen LogP contribution is 2.22. The van der Waals surface area contributed by atoms with Gasteiger partial charge >= 0.3 is 0 Å². The van der Waals surface area contributed by atoms with Crippen molar-refractivity contribution in [1.82, 2.24) is 0 Å². The molecule has 4 heteroatoms. The van der Waals surface area contributed by atoms with Gasteiger partial charge in [-0.05, 0) is 53.8 Å². The quantitative estimate of drug-likeness (QED) is 0.514. The molecule has 2 atom stereocenters. The molecule has 2 rings (SSSR count). The molecule has 0 saturated carbocycles. The van der Waals surface area contributed by atoms with E-state index in [1.165, 1.54) is 9.26 Å². The van der Waals surface area contributed by atoms with Crippen molar-refractivity contribution in [2.75, 3.05) is 22.4 Å². The maximum Gasteiger partial charge on any atom is 0.0843 e. The Morgan fingerprint density at radius 1 is 1.31 bits per heavy atom. The van der Waals surface area contributed by atoms with Gasteiger partial charge in [-0.15, -0.1) is 0 Å². The molecule has 1 aromatic carbocycles. The van der Waals surface area contributed by atoms with Crippen LogP contribution >= 0.6 is 45.2 Å². The lowest BCUT2D eigenvalue weighted by Crippen LogP contribution is -2.47. The predicted molar refractivity (Wildman–Crippen MR) is 84.6 cm³/mol. The second-order valence-corrected chi connectivity index (χ2v) is 6.23. The van der Waals surface area contributed by atoms with Crippen LogP contribution in [-0.4, -0.2) is 29.7 Å². The van der Waals surface area contributed by atoms with Crippen LogP contribution < -0.4 is 4.90 Å². The monoisotopic (exact) mass is 443 g/mol. The zero-order valence-corrected chi connectivity index (χ0v) is 13.5. The number of nitrogens with zero attached hydrogens (tertiary/aromatic N) is 1. The van der Waals surface area contributed by atoms with E-state index in [1.807, 2.05) is 0 Å². The van der Waals surface area contributed by atoms with Crippen molar-refractivity contribution in [2.24, 2.45) is 0 Å². The minimum absolute atomic E-state index is 0.327. The van der Waals surface area contributed by atoms with E-state index < -0.39 is 0 Å². The fraction of sp³-hybridized carbons (Fsp3) is 0.500. The molecular formula is C12H15I2NO. The lowest BCUT2D eigenvalue weighted by Gasteiger charge is -2.37. The Morgan fingerprint density at radius 3 is 2.62 bits per heavy atom. The highest BCUT2D eigenvalue weighted by Gasteiger charge is 2.24. The van der Waals surface area contributed by atoms with Gasteiger partial charge in [-0.3, -0.25) is 0 Å². The van der Waals surface area contributed by atoms with Crippen molar-refractivity contribution in [3.8, 4) is 0 Å². The van der Waals surface area contributed by atoms with Crippen molar-refractivity contribution < 1.29 is 4.74 Å². The molecule has 1 aliphatic rings. The first-order valence-electron chi connectivity index (χ1n) is 5.41. The molecule has 0 unspecified atom stereocenters. The van der Waals surface area contributed by atoms with Gasteiger partial charge < -0.3 is 9.64 Å². The number of hydrogen-bond acceptors (Lipinski definition) is 2. The van der Waals surface area contributed by atoms with E-state index in [0.29, 0.717) is 12.2 Å². The largest absolute Gasteiger partial charge is 0.371 e. The summed E-state index contributed by atoms with van der Waals surface area (Å²) in [5, 5.41) is 0. The first-order valence-corrected chi connectivity index (χ1v) is 8.01. The van der Waals surface area contributed by atoms with Crippen LogP contribution in [0.3, 0.4) is 0 Å². The molecule has 1 aliphatic heterocycles. The molecule has 16 heavy (non-hydrogen) atoms. The molecule has 1 heterocycles. The average Bonchev–Trinajstić information content (AvgIpc) is 2.29. The van der Waals surface area contributed by atoms with Gasteiger partial charge in [0.1, 0.15) is 0 Å². The molecule has 2 nitrogen and oxygen atoms in total. The summed E-state index contributed by atoms with van der Waals surface area (Å²) in [6.07, 6.45) is 0.691. The molecule has 0 radical (unpaired) electrons. The molecule has 0 bridgehead atoms. The fourth-order valence-electron chi connectivity index (χ4n) is 1.99. The Hall–Kier alpha value is 0.440. The van der Waals surface area contributed by atoms with Crippen LogP contribution in [0.25, 0.3) is 0 Å². The molecule has 0 spiro atoms. The van der Waals surface area contributed by atoms with Gasteiger partial charge in [0.15, 0.2) is 0 Å². The number of morpholine rings is 1. The second kappa shape index (κ2) is 5.86. The van der Waals surface area contributed by atoms with E-state index in [2.05, 4.69) is 81.3 Å². The summed E-state index contributed by atoms with van der Waals surface area (Å²) in [7, 11) is 0. The summed E-state index contributed by atoms with van der Waals surface area (Å²) in [6.45, 7) is 4.15. The number of hydrogen-bond donors (Lipinski definition) is 0. The standard InChI is InChI=1S/C12H15I2NO/c1-9-7-15(8-12(6-13)16-9)11-4-2-10(14)3-5-11/h2-5,9,12H,6-8H2,1H3/t9-,12+/m0/s1. The molecule has 1 saturated heterocycles. The molecule has 1 fully saturated rings. The second-order valence-electron chi connectivity index (χ2n) is 4.10. The minimum atomic E-state index is 0.327. The first-order chi connectivity index (χ1) is 7.69. The first kappa shape index (κ1) is 12.9. The summed E-state index contributed by atoms with van der Waals surface area (Å²) in [5.74, 6) is 0. The highest BCUT2D eigenvalue weighted by atomic mass is 127. The van der Waals surface area contributed by atoms with Crippen LogP contribution in [0.2, 0.25) is 0 Å². The van der Waals surface area contributed by atoms with Crippen LogP contribution in [-0.2, 0) is 4.74 Å². The fourth-order valence-corrected chi connectivity index (χ4v) is 2.84. The van der Waals surface area contributed by atoms with E-state index in [-0.39, 0.29) is 0 Å². The molecule has 0 amide bonds. The van der Waals surface area contributed by atoms with Crippen molar-refractivity contribution in [3.05, 3.63) is 27.8 Å². The van der Waals surface area contributed by atoms with Crippen molar-refractivity contribution in [3.63, 3.8) is 0 Å². The topological polar surface area (TPSA) is 12.5 Å². The Balaban J connectivity index is 2.11. The predicted octanol–water partition coefficient (Wildman–Crippen LogP) is 3.32. The van der Waals surface area contributed by atoms with Gasteiger partial charge in [-0.25, -0.2) is 0 Å². The van der Waals surface area contributed by atoms with Gasteiger partial charge in [0.05, 0.1) is 12.2 Å². The maximum absolute atomic E-state index is 5.86. The Kier molecular flexibility index (Phi) is 4.72. The molecule has 88 valence electrons. The highest BCUT2D eigenvalue weighted by molar-refractivity contribution is 14.1. The summed E-state index contributed by atoms with van der Waals surface area (Å²) in [4.78, 5) is 2.42. The number of benzene rings is 1. The number of anilines is 1. The number of rotatable bonds is 2. The van der Waals surface area contributed by atoms with Gasteiger partial charge in [0.2, 0.25) is 0 Å². The van der Waals surface area contributed by atoms with E-state index in [4.69, 9.17) is 4.74 Å². The molecule has 1 aromatic rings. The van der Waals surface area contributed by atoms with E-state index >= 15 is 0 Å². The minimum Gasteiger partial charge on any atom is -0.371 e. The normalized spacial score (nSPS) is 25.8. The lowest BCUT2D eigenvalue weighted by molar-refractivity contribution is -0.00109. The zero-order valence-electron chi connectivity index (χ0n) is 9.20. The molecule has 0 aliphatic carbocycles. The number of ether oxygens (including phenoxy) is 1. The Labute approximate surface area is 124 Å². The van der Waals surface area contributed by atoms with Crippen LogP contribution in [0.15, 0.2) is 24.3 Å². The third-order valence-electron chi connectivity index (χ3n) is 2.69. The lowest BCUT2D eigenvalue weighted by atomic mass is 10.2. The SMILES string of the molecule is C[C@H]1CN(c2ccc(I)cc2)C[C@@H](CI)O1. The van der Waals surface area contributed by atoms with Gasteiger partial charge in [0.25, 0.3) is 0 Å². The number of halogens is 2. The van der Waals surface area contributed by atoms with E-state index in [9.17, 15) is 0 Å². The summed E-state index contributed by atoms with van der Waals surface area (Å²) in [6, 6.07) is 8.72. The Morgan fingerprint density at radius 2 is 2.00 bits per heavy atom. The summed E-state index contributed by atoms with van der Waals surface area (Å²) in [5.41, 5.74) is 1.31. The average molecular weight is 443 g/mol. The third kappa shape index (κ3) is 3.22. The molecular weight excluding hydrogens is 428 g/mol. The third-order valence-corrected chi connectivity index (χ3v) is 4.39. The van der Waals surface area contributed by atoms with Crippen LogP contribution in [0, 0.1) is 3.57 Å².